The van der Waals surface area contributed by atoms with Gasteiger partial charge in [-0.25, -0.2) is 4.98 Å². The molecule has 2 N–H and O–H groups in total. The first-order valence-corrected chi connectivity index (χ1v) is 6.60. The van der Waals surface area contributed by atoms with E-state index in [-0.39, 0.29) is 30.2 Å². The van der Waals surface area contributed by atoms with Crippen molar-refractivity contribution in [2.75, 3.05) is 0 Å². The van der Waals surface area contributed by atoms with Crippen LogP contribution >= 0.6 is 0 Å². The van der Waals surface area contributed by atoms with Crippen molar-refractivity contribution in [3.05, 3.63) is 12.7 Å². The van der Waals surface area contributed by atoms with Gasteiger partial charge in [-0.2, -0.15) is 5.10 Å². The maximum Gasteiger partial charge on any atom is 0.305 e. The lowest BCUT2D eigenvalue weighted by Gasteiger charge is -2.25. The minimum absolute atomic E-state index is 0.0424. The number of carboxylic acids is 1. The fourth-order valence-corrected chi connectivity index (χ4v) is 1.99. The number of carboxylic acid groups (broad SMARTS) is 1. The molecule has 112 valence electrons. The number of nitrogens with zero attached hydrogens (tertiary/aromatic N) is 3. The van der Waals surface area contributed by atoms with Gasteiger partial charge in [0, 0.05) is 12.5 Å². The molecule has 7 heteroatoms. The summed E-state index contributed by atoms with van der Waals surface area (Å²) in [5.41, 5.74) is -0.0424. The summed E-state index contributed by atoms with van der Waals surface area (Å²) < 4.78 is 1.57. The first-order chi connectivity index (χ1) is 9.26. The zero-order valence-corrected chi connectivity index (χ0v) is 12.2. The summed E-state index contributed by atoms with van der Waals surface area (Å²) in [5, 5.41) is 15.6. The third-order valence-corrected chi connectivity index (χ3v) is 2.68. The van der Waals surface area contributed by atoms with Gasteiger partial charge >= 0.3 is 5.97 Å². The van der Waals surface area contributed by atoms with E-state index in [2.05, 4.69) is 15.4 Å². The number of carbonyl (C=O) groups excluding carboxylic acids is 1. The topological polar surface area (TPSA) is 97.1 Å². The summed E-state index contributed by atoms with van der Waals surface area (Å²) in [7, 11) is 0. The maximum absolute atomic E-state index is 11.9. The Balaban J connectivity index is 2.46. The number of nitrogens with one attached hydrogen (secondary N) is 1. The van der Waals surface area contributed by atoms with Gasteiger partial charge < -0.3 is 10.4 Å². The van der Waals surface area contributed by atoms with Crippen molar-refractivity contribution in [3.8, 4) is 0 Å². The molecule has 0 aliphatic carbocycles. The molecule has 0 aliphatic rings. The Morgan fingerprint density at radius 3 is 2.60 bits per heavy atom. The number of amides is 1. The third-order valence-electron chi connectivity index (χ3n) is 2.68. The Morgan fingerprint density at radius 2 is 2.10 bits per heavy atom. The summed E-state index contributed by atoms with van der Waals surface area (Å²) in [6, 6.07) is -0.351. The minimum atomic E-state index is -0.907. The highest BCUT2D eigenvalue weighted by molar-refractivity contribution is 5.77. The van der Waals surface area contributed by atoms with Crippen LogP contribution in [0.3, 0.4) is 0 Å². The Labute approximate surface area is 118 Å². The first-order valence-electron chi connectivity index (χ1n) is 6.60. The molecule has 0 spiro atoms. The monoisotopic (exact) mass is 282 g/mol. The lowest BCUT2D eigenvalue weighted by Crippen LogP contribution is -2.39. The van der Waals surface area contributed by atoms with Crippen LogP contribution in [0.4, 0.5) is 0 Å². The fourth-order valence-electron chi connectivity index (χ4n) is 1.99. The second-order valence-corrected chi connectivity index (χ2v) is 6.04. The van der Waals surface area contributed by atoms with Crippen molar-refractivity contribution in [1.82, 2.24) is 20.1 Å². The molecule has 1 aromatic heterocycles. The predicted octanol–water partition coefficient (Wildman–Crippen LogP) is 1.06. The summed E-state index contributed by atoms with van der Waals surface area (Å²) in [5.74, 6) is -1.08. The quantitative estimate of drug-likeness (QED) is 0.779. The molecule has 1 aromatic rings. The molecule has 0 fully saturated rings. The highest BCUT2D eigenvalue weighted by Crippen LogP contribution is 2.22. The van der Waals surface area contributed by atoms with Crippen molar-refractivity contribution in [2.24, 2.45) is 5.41 Å². The molecular formula is C13H22N4O3. The molecule has 0 saturated heterocycles. The fraction of sp³-hybridized carbons (Fsp3) is 0.692. The zero-order chi connectivity index (χ0) is 15.2. The molecule has 1 unspecified atom stereocenters. The third kappa shape index (κ3) is 6.86. The van der Waals surface area contributed by atoms with E-state index < -0.39 is 5.97 Å². The van der Waals surface area contributed by atoms with E-state index in [0.29, 0.717) is 13.0 Å². The minimum Gasteiger partial charge on any atom is -0.481 e. The Morgan fingerprint density at radius 1 is 1.40 bits per heavy atom. The van der Waals surface area contributed by atoms with Crippen LogP contribution in [0.2, 0.25) is 0 Å². The van der Waals surface area contributed by atoms with E-state index in [1.54, 1.807) is 4.68 Å². The lowest BCUT2D eigenvalue weighted by atomic mass is 9.87. The standard InChI is InChI=1S/C13H22N4O3/c1-13(2,3)7-10(6-12(19)20)16-11(18)4-5-17-9-14-8-15-17/h8-10H,4-7H2,1-3H3,(H,16,18)(H,19,20). The van der Waals surface area contributed by atoms with E-state index in [4.69, 9.17) is 5.11 Å². The SMILES string of the molecule is CC(C)(C)CC(CC(=O)O)NC(=O)CCn1cncn1. The second kappa shape index (κ2) is 7.02. The molecule has 1 atom stereocenters. The Kier molecular flexibility index (Phi) is 5.66. The number of carbonyl (C=O) groups is 2. The predicted molar refractivity (Wildman–Crippen MR) is 72.9 cm³/mol. The van der Waals surface area contributed by atoms with Gasteiger partial charge in [-0.05, 0) is 11.8 Å². The Bertz CT molecular complexity index is 437. The number of hydrogen-bond acceptors (Lipinski definition) is 4. The summed E-state index contributed by atoms with van der Waals surface area (Å²) in [6.45, 7) is 6.48. The highest BCUT2D eigenvalue weighted by Gasteiger charge is 2.22. The van der Waals surface area contributed by atoms with Gasteiger partial charge in [0.1, 0.15) is 12.7 Å². The van der Waals surface area contributed by atoms with Crippen LogP contribution in [0.15, 0.2) is 12.7 Å². The van der Waals surface area contributed by atoms with Gasteiger partial charge in [0.15, 0.2) is 0 Å². The maximum atomic E-state index is 11.9. The summed E-state index contributed by atoms with van der Waals surface area (Å²) in [6.07, 6.45) is 3.76. The van der Waals surface area contributed by atoms with Crippen LogP contribution in [0, 0.1) is 5.41 Å². The van der Waals surface area contributed by atoms with Crippen LogP contribution in [0.25, 0.3) is 0 Å². The second-order valence-electron chi connectivity index (χ2n) is 6.04. The average Bonchev–Trinajstić information content (AvgIpc) is 2.75. The molecule has 7 nitrogen and oxygen atoms in total. The number of aromatic nitrogens is 3. The van der Waals surface area contributed by atoms with Crippen molar-refractivity contribution in [1.29, 1.82) is 0 Å². The van der Waals surface area contributed by atoms with E-state index in [9.17, 15) is 9.59 Å². The van der Waals surface area contributed by atoms with Gasteiger partial charge in [0.25, 0.3) is 0 Å². The van der Waals surface area contributed by atoms with Crippen LogP contribution in [0.5, 0.6) is 0 Å². The first kappa shape index (κ1) is 16.1. The van der Waals surface area contributed by atoms with Gasteiger partial charge in [-0.3, -0.25) is 14.3 Å². The van der Waals surface area contributed by atoms with Gasteiger partial charge in [0.2, 0.25) is 5.91 Å². The number of aryl methyl sites for hydroxylation is 1. The smallest absolute Gasteiger partial charge is 0.305 e. The number of hydrogen-bond donors (Lipinski definition) is 2. The molecule has 1 heterocycles. The van der Waals surface area contributed by atoms with E-state index >= 15 is 0 Å². The summed E-state index contributed by atoms with van der Waals surface area (Å²) >= 11 is 0. The Hall–Kier alpha value is -1.92. The van der Waals surface area contributed by atoms with Crippen LogP contribution in [-0.4, -0.2) is 37.8 Å². The molecular weight excluding hydrogens is 260 g/mol. The van der Waals surface area contributed by atoms with Crippen molar-refractivity contribution in [3.63, 3.8) is 0 Å². The van der Waals surface area contributed by atoms with E-state index in [0.717, 1.165) is 0 Å². The van der Waals surface area contributed by atoms with E-state index in [1.807, 2.05) is 20.8 Å². The number of rotatable bonds is 7. The molecule has 0 bridgehead atoms. The highest BCUT2D eigenvalue weighted by atomic mass is 16.4. The normalized spacial score (nSPS) is 12.9. The molecule has 1 amide bonds. The van der Waals surface area contributed by atoms with Gasteiger partial charge in [-0.15, -0.1) is 0 Å². The van der Waals surface area contributed by atoms with Crippen molar-refractivity contribution in [2.45, 2.75) is 52.6 Å². The average molecular weight is 282 g/mol. The molecule has 1 rings (SSSR count). The van der Waals surface area contributed by atoms with Crippen LogP contribution in [0.1, 0.15) is 40.0 Å². The van der Waals surface area contributed by atoms with Gasteiger partial charge in [-0.1, -0.05) is 20.8 Å². The van der Waals surface area contributed by atoms with Crippen molar-refractivity contribution >= 4 is 11.9 Å². The molecule has 0 saturated carbocycles. The van der Waals surface area contributed by atoms with Gasteiger partial charge in [0.05, 0.1) is 13.0 Å². The summed E-state index contributed by atoms with van der Waals surface area (Å²) in [4.78, 5) is 26.5. The number of aliphatic carboxylic acids is 1. The van der Waals surface area contributed by atoms with E-state index in [1.165, 1.54) is 12.7 Å². The molecule has 0 radical (unpaired) electrons. The van der Waals surface area contributed by atoms with Crippen LogP contribution in [-0.2, 0) is 16.1 Å². The van der Waals surface area contributed by atoms with Crippen LogP contribution < -0.4 is 5.32 Å². The molecule has 20 heavy (non-hydrogen) atoms. The molecule has 0 aromatic carbocycles. The largest absolute Gasteiger partial charge is 0.481 e. The van der Waals surface area contributed by atoms with Crippen molar-refractivity contribution < 1.29 is 14.7 Å². The molecule has 0 aliphatic heterocycles. The zero-order valence-electron chi connectivity index (χ0n) is 12.2. The lowest BCUT2D eigenvalue weighted by molar-refractivity contribution is -0.137.